The molecule has 0 aromatic rings. The van der Waals surface area contributed by atoms with E-state index < -0.39 is 0 Å². The Hall–Kier alpha value is -0.320. The Labute approximate surface area is 128 Å². The standard InChI is InChI=1S/C15H27N3O.ClH/c1-11(16)9-15(19)17-8-6-14-12(10-17)3-2-7-18(14)13-4-5-13;/h11-14H,2-10,16H2,1H3;1H. The lowest BCUT2D eigenvalue weighted by Gasteiger charge is -2.47. The average molecular weight is 302 g/mol. The van der Waals surface area contributed by atoms with Crippen LogP contribution >= 0.6 is 12.4 Å². The number of fused-ring (bicyclic) bond motifs is 1. The predicted molar refractivity (Wildman–Crippen MR) is 83.0 cm³/mol. The normalized spacial score (nSPS) is 32.2. The molecule has 116 valence electrons. The van der Waals surface area contributed by atoms with Crippen LogP contribution in [0.5, 0.6) is 0 Å². The molecular weight excluding hydrogens is 274 g/mol. The van der Waals surface area contributed by atoms with Crippen LogP contribution in [0.2, 0.25) is 0 Å². The van der Waals surface area contributed by atoms with Crippen LogP contribution in [-0.4, -0.2) is 53.5 Å². The number of likely N-dealkylation sites (tertiary alicyclic amines) is 2. The number of rotatable bonds is 3. The second-order valence-electron chi connectivity index (χ2n) is 6.75. The molecule has 3 fully saturated rings. The summed E-state index contributed by atoms with van der Waals surface area (Å²) in [6.45, 7) is 5.12. The largest absolute Gasteiger partial charge is 0.342 e. The number of carbonyl (C=O) groups excluding carboxylic acids is 1. The smallest absolute Gasteiger partial charge is 0.224 e. The van der Waals surface area contributed by atoms with Gasteiger partial charge in [-0.25, -0.2) is 0 Å². The Morgan fingerprint density at radius 2 is 2.00 bits per heavy atom. The minimum atomic E-state index is -0.0143. The Balaban J connectivity index is 0.00000147. The molecule has 3 aliphatic rings. The number of nitrogens with zero attached hydrogens (tertiary/aromatic N) is 2. The molecule has 1 aliphatic carbocycles. The Bertz CT molecular complexity index is 346. The number of nitrogens with two attached hydrogens (primary N) is 1. The molecule has 20 heavy (non-hydrogen) atoms. The van der Waals surface area contributed by atoms with Crippen molar-refractivity contribution in [1.82, 2.24) is 9.80 Å². The minimum absolute atomic E-state index is 0. The highest BCUT2D eigenvalue weighted by atomic mass is 35.5. The van der Waals surface area contributed by atoms with E-state index in [0.717, 1.165) is 25.2 Å². The third-order valence-corrected chi connectivity index (χ3v) is 4.98. The van der Waals surface area contributed by atoms with Gasteiger partial charge in [-0.05, 0) is 51.5 Å². The van der Waals surface area contributed by atoms with Gasteiger partial charge < -0.3 is 10.6 Å². The fourth-order valence-corrected chi connectivity index (χ4v) is 3.93. The SMILES string of the molecule is CC(N)CC(=O)N1CCC2C(CCCN2C2CC2)C1.Cl. The summed E-state index contributed by atoms with van der Waals surface area (Å²) in [5, 5.41) is 0. The first-order valence-electron chi connectivity index (χ1n) is 7.94. The van der Waals surface area contributed by atoms with Crippen LogP contribution in [0, 0.1) is 5.92 Å². The maximum atomic E-state index is 12.1. The van der Waals surface area contributed by atoms with Crippen LogP contribution in [0.1, 0.15) is 45.4 Å². The molecule has 3 atom stereocenters. The van der Waals surface area contributed by atoms with E-state index in [1.54, 1.807) is 0 Å². The minimum Gasteiger partial charge on any atom is -0.342 e. The summed E-state index contributed by atoms with van der Waals surface area (Å²) in [6.07, 6.45) is 7.09. The van der Waals surface area contributed by atoms with Crippen molar-refractivity contribution >= 4 is 18.3 Å². The van der Waals surface area contributed by atoms with E-state index in [2.05, 4.69) is 9.80 Å². The lowest BCUT2D eigenvalue weighted by Crippen LogP contribution is -2.56. The Morgan fingerprint density at radius 3 is 2.65 bits per heavy atom. The zero-order valence-electron chi connectivity index (χ0n) is 12.5. The Kier molecular flexibility index (Phi) is 5.32. The first kappa shape index (κ1) is 16.1. The van der Waals surface area contributed by atoms with Crippen LogP contribution in [0.3, 0.4) is 0 Å². The second-order valence-corrected chi connectivity index (χ2v) is 6.75. The molecular formula is C15H28ClN3O. The lowest BCUT2D eigenvalue weighted by molar-refractivity contribution is -0.135. The van der Waals surface area contributed by atoms with Gasteiger partial charge in [0.2, 0.25) is 5.91 Å². The zero-order valence-corrected chi connectivity index (χ0v) is 13.3. The first-order valence-corrected chi connectivity index (χ1v) is 7.94. The van der Waals surface area contributed by atoms with Gasteiger partial charge in [0, 0.05) is 37.6 Å². The van der Waals surface area contributed by atoms with Crippen molar-refractivity contribution in [3.8, 4) is 0 Å². The summed E-state index contributed by atoms with van der Waals surface area (Å²) in [4.78, 5) is 17.0. The van der Waals surface area contributed by atoms with Gasteiger partial charge in [-0.1, -0.05) is 0 Å². The second kappa shape index (κ2) is 6.63. The quantitative estimate of drug-likeness (QED) is 0.862. The van der Waals surface area contributed by atoms with Crippen molar-refractivity contribution < 1.29 is 4.79 Å². The molecule has 2 heterocycles. The van der Waals surface area contributed by atoms with E-state index in [4.69, 9.17) is 5.73 Å². The van der Waals surface area contributed by atoms with Crippen LogP contribution in [-0.2, 0) is 4.79 Å². The fraction of sp³-hybridized carbons (Fsp3) is 0.933. The zero-order chi connectivity index (χ0) is 13.4. The van der Waals surface area contributed by atoms with Gasteiger partial charge in [-0.3, -0.25) is 9.69 Å². The third kappa shape index (κ3) is 3.46. The summed E-state index contributed by atoms with van der Waals surface area (Å²) < 4.78 is 0. The number of hydrogen-bond donors (Lipinski definition) is 1. The molecule has 5 heteroatoms. The van der Waals surface area contributed by atoms with Crippen LogP contribution in [0.25, 0.3) is 0 Å². The van der Waals surface area contributed by atoms with Gasteiger partial charge in [0.15, 0.2) is 0 Å². The monoisotopic (exact) mass is 301 g/mol. The molecule has 0 aromatic heterocycles. The number of piperidine rings is 2. The number of carbonyl (C=O) groups is 1. The molecule has 0 radical (unpaired) electrons. The Morgan fingerprint density at radius 1 is 1.25 bits per heavy atom. The number of amides is 1. The third-order valence-electron chi connectivity index (χ3n) is 4.98. The van der Waals surface area contributed by atoms with E-state index in [0.29, 0.717) is 12.3 Å². The molecule has 0 bridgehead atoms. The highest BCUT2D eigenvalue weighted by molar-refractivity contribution is 5.85. The summed E-state index contributed by atoms with van der Waals surface area (Å²) in [7, 11) is 0. The van der Waals surface area contributed by atoms with Crippen molar-refractivity contribution in [3.63, 3.8) is 0 Å². The average Bonchev–Trinajstić information content (AvgIpc) is 3.20. The van der Waals surface area contributed by atoms with Gasteiger partial charge in [0.25, 0.3) is 0 Å². The number of halogens is 1. The lowest BCUT2D eigenvalue weighted by atomic mass is 9.83. The molecule has 2 saturated heterocycles. The van der Waals surface area contributed by atoms with Gasteiger partial charge in [-0.15, -0.1) is 12.4 Å². The van der Waals surface area contributed by atoms with E-state index in [9.17, 15) is 4.79 Å². The summed E-state index contributed by atoms with van der Waals surface area (Å²) in [5.74, 6) is 0.970. The molecule has 1 amide bonds. The van der Waals surface area contributed by atoms with Gasteiger partial charge in [-0.2, -0.15) is 0 Å². The molecule has 0 spiro atoms. The van der Waals surface area contributed by atoms with E-state index in [-0.39, 0.29) is 24.4 Å². The molecule has 4 nitrogen and oxygen atoms in total. The summed E-state index contributed by atoms with van der Waals surface area (Å²) in [5.41, 5.74) is 5.75. The van der Waals surface area contributed by atoms with E-state index in [1.807, 2.05) is 6.92 Å². The van der Waals surface area contributed by atoms with Crippen molar-refractivity contribution in [2.75, 3.05) is 19.6 Å². The van der Waals surface area contributed by atoms with Gasteiger partial charge in [0.1, 0.15) is 0 Å². The van der Waals surface area contributed by atoms with Crippen molar-refractivity contribution in [3.05, 3.63) is 0 Å². The predicted octanol–water partition coefficient (Wildman–Crippen LogP) is 1.62. The van der Waals surface area contributed by atoms with E-state index >= 15 is 0 Å². The van der Waals surface area contributed by atoms with Crippen molar-refractivity contribution in [1.29, 1.82) is 0 Å². The molecule has 0 aromatic carbocycles. The molecule has 2 aliphatic heterocycles. The summed E-state index contributed by atoms with van der Waals surface area (Å²) >= 11 is 0. The topological polar surface area (TPSA) is 49.6 Å². The maximum absolute atomic E-state index is 12.1. The molecule has 3 rings (SSSR count). The number of hydrogen-bond acceptors (Lipinski definition) is 3. The van der Waals surface area contributed by atoms with Crippen LogP contribution in [0.4, 0.5) is 0 Å². The first-order chi connectivity index (χ1) is 9.15. The molecule has 1 saturated carbocycles. The van der Waals surface area contributed by atoms with Crippen molar-refractivity contribution in [2.45, 2.75) is 63.6 Å². The highest BCUT2D eigenvalue weighted by Gasteiger charge is 2.42. The van der Waals surface area contributed by atoms with Gasteiger partial charge in [0.05, 0.1) is 0 Å². The van der Waals surface area contributed by atoms with Crippen molar-refractivity contribution in [2.24, 2.45) is 11.7 Å². The van der Waals surface area contributed by atoms with E-state index in [1.165, 1.54) is 38.6 Å². The molecule has 2 N–H and O–H groups in total. The highest BCUT2D eigenvalue weighted by Crippen LogP contribution is 2.38. The maximum Gasteiger partial charge on any atom is 0.224 e. The molecule has 3 unspecified atom stereocenters. The van der Waals surface area contributed by atoms with Crippen LogP contribution < -0.4 is 5.73 Å². The van der Waals surface area contributed by atoms with Crippen LogP contribution in [0.15, 0.2) is 0 Å². The summed E-state index contributed by atoms with van der Waals surface area (Å²) in [6, 6.07) is 1.61. The van der Waals surface area contributed by atoms with Gasteiger partial charge >= 0.3 is 0 Å². The fourth-order valence-electron chi connectivity index (χ4n) is 3.93.